The minimum absolute atomic E-state index is 0.142. The van der Waals surface area contributed by atoms with Crippen LogP contribution in [-0.4, -0.2) is 18.2 Å². The monoisotopic (exact) mass is 324 g/mol. The predicted octanol–water partition coefficient (Wildman–Crippen LogP) is 4.39. The molecule has 1 aromatic carbocycles. The van der Waals surface area contributed by atoms with E-state index in [2.05, 4.69) is 19.2 Å². The summed E-state index contributed by atoms with van der Waals surface area (Å²) >= 11 is 6.34. The molecule has 1 aromatic rings. The van der Waals surface area contributed by atoms with Gasteiger partial charge in [-0.1, -0.05) is 25.4 Å². The van der Waals surface area contributed by atoms with Gasteiger partial charge in [-0.2, -0.15) is 0 Å². The number of nitrogens with two attached hydrogens (primary N) is 1. The molecule has 0 aromatic heterocycles. The van der Waals surface area contributed by atoms with Crippen molar-refractivity contribution in [2.24, 2.45) is 17.1 Å². The topological polar surface area (TPSA) is 64.3 Å². The summed E-state index contributed by atoms with van der Waals surface area (Å²) in [6.07, 6.45) is -0.466. The first-order chi connectivity index (χ1) is 10.1. The molecule has 5 heteroatoms. The highest BCUT2D eigenvalue weighted by Crippen LogP contribution is 2.64. The van der Waals surface area contributed by atoms with Gasteiger partial charge in [0.25, 0.3) is 0 Å². The van der Waals surface area contributed by atoms with Gasteiger partial charge in [0, 0.05) is 10.7 Å². The Bertz CT molecular complexity index is 579. The second kappa shape index (κ2) is 5.74. The van der Waals surface area contributed by atoms with E-state index < -0.39 is 11.7 Å². The van der Waals surface area contributed by atoms with Gasteiger partial charge in [-0.05, 0) is 68.3 Å². The van der Waals surface area contributed by atoms with Crippen LogP contribution in [0, 0.1) is 11.3 Å². The Balaban J connectivity index is 2.17. The number of rotatable bonds is 3. The van der Waals surface area contributed by atoms with Gasteiger partial charge in [0.2, 0.25) is 0 Å². The molecule has 0 bridgehead atoms. The minimum Gasteiger partial charge on any atom is -0.444 e. The lowest BCUT2D eigenvalue weighted by Gasteiger charge is -2.20. The molecule has 122 valence electrons. The second-order valence-corrected chi connectivity index (χ2v) is 7.91. The summed E-state index contributed by atoms with van der Waals surface area (Å²) in [5.41, 5.74) is 7.18. The van der Waals surface area contributed by atoms with Crippen molar-refractivity contribution in [2.45, 2.75) is 46.1 Å². The van der Waals surface area contributed by atoms with Gasteiger partial charge in [0.1, 0.15) is 5.60 Å². The number of halogens is 1. The fourth-order valence-corrected chi connectivity index (χ4v) is 3.32. The van der Waals surface area contributed by atoms with Crippen LogP contribution in [-0.2, 0) is 4.74 Å². The molecule has 22 heavy (non-hydrogen) atoms. The van der Waals surface area contributed by atoms with Gasteiger partial charge >= 0.3 is 6.09 Å². The van der Waals surface area contributed by atoms with E-state index >= 15 is 0 Å². The quantitative estimate of drug-likeness (QED) is 0.866. The van der Waals surface area contributed by atoms with Gasteiger partial charge in [-0.25, -0.2) is 4.79 Å². The molecule has 0 saturated heterocycles. The van der Waals surface area contributed by atoms with Crippen molar-refractivity contribution in [2.75, 3.05) is 11.9 Å². The third kappa shape index (κ3) is 3.55. The number of carbonyl (C=O) groups is 1. The molecular weight excluding hydrogens is 300 g/mol. The molecule has 1 aliphatic carbocycles. The summed E-state index contributed by atoms with van der Waals surface area (Å²) < 4.78 is 5.27. The maximum atomic E-state index is 11.9. The normalized spacial score (nSPS) is 23.0. The number of ether oxygens (including phenoxy) is 1. The van der Waals surface area contributed by atoms with Crippen molar-refractivity contribution in [3.8, 4) is 0 Å². The Kier molecular flexibility index (Phi) is 4.46. The number of nitrogens with one attached hydrogen (secondary N) is 1. The molecule has 2 unspecified atom stereocenters. The van der Waals surface area contributed by atoms with Gasteiger partial charge in [-0.15, -0.1) is 0 Å². The molecule has 2 atom stereocenters. The summed E-state index contributed by atoms with van der Waals surface area (Å²) in [6.45, 7) is 10.5. The fraction of sp³-hybridized carbons (Fsp3) is 0.588. The highest BCUT2D eigenvalue weighted by atomic mass is 35.5. The summed E-state index contributed by atoms with van der Waals surface area (Å²) in [5.74, 6) is 0.743. The first kappa shape index (κ1) is 17.1. The van der Waals surface area contributed by atoms with E-state index in [0.717, 1.165) is 5.56 Å². The number of amides is 1. The van der Waals surface area contributed by atoms with Gasteiger partial charge < -0.3 is 10.5 Å². The van der Waals surface area contributed by atoms with Crippen LogP contribution in [0.15, 0.2) is 18.2 Å². The molecule has 0 spiro atoms. The van der Waals surface area contributed by atoms with Gasteiger partial charge in [-0.3, -0.25) is 5.32 Å². The first-order valence-corrected chi connectivity index (χ1v) is 7.93. The van der Waals surface area contributed by atoms with Gasteiger partial charge in [0.15, 0.2) is 0 Å². The number of anilines is 1. The Morgan fingerprint density at radius 3 is 2.55 bits per heavy atom. The van der Waals surface area contributed by atoms with Crippen LogP contribution in [0.2, 0.25) is 5.02 Å². The van der Waals surface area contributed by atoms with Crippen LogP contribution in [0.5, 0.6) is 0 Å². The first-order valence-electron chi connectivity index (χ1n) is 7.56. The zero-order chi connectivity index (χ0) is 16.7. The Hall–Kier alpha value is -1.26. The molecule has 0 radical (unpaired) electrons. The van der Waals surface area contributed by atoms with E-state index in [9.17, 15) is 4.79 Å². The van der Waals surface area contributed by atoms with Gasteiger partial charge in [0.05, 0.1) is 0 Å². The molecule has 1 fully saturated rings. The molecule has 0 aliphatic heterocycles. The second-order valence-electron chi connectivity index (χ2n) is 7.50. The summed E-state index contributed by atoms with van der Waals surface area (Å²) in [4.78, 5) is 11.9. The van der Waals surface area contributed by atoms with Crippen molar-refractivity contribution in [1.82, 2.24) is 0 Å². The van der Waals surface area contributed by atoms with E-state index in [1.165, 1.54) is 0 Å². The molecule has 1 amide bonds. The summed E-state index contributed by atoms with van der Waals surface area (Å²) in [5, 5.41) is 3.47. The van der Waals surface area contributed by atoms with E-state index in [0.29, 0.717) is 29.1 Å². The number of carbonyl (C=O) groups excluding carboxylic acids is 1. The lowest BCUT2D eigenvalue weighted by atomic mass is 10.0. The van der Waals surface area contributed by atoms with E-state index in [1.807, 2.05) is 32.9 Å². The lowest BCUT2D eigenvalue weighted by molar-refractivity contribution is 0.0636. The largest absolute Gasteiger partial charge is 0.444 e. The highest BCUT2D eigenvalue weighted by molar-refractivity contribution is 6.31. The van der Waals surface area contributed by atoms with E-state index in [1.54, 1.807) is 6.07 Å². The van der Waals surface area contributed by atoms with Crippen LogP contribution in [0.1, 0.15) is 46.1 Å². The van der Waals surface area contributed by atoms with Crippen molar-refractivity contribution in [1.29, 1.82) is 0 Å². The standard InChI is InChI=1S/C17H25ClN2O2/c1-16(2,3)22-15(21)20-10-6-7-13(18)11(8-10)14-12(9-19)17(14,4)5/h6-8,12,14H,9,19H2,1-5H3,(H,20,21). The maximum absolute atomic E-state index is 11.9. The summed E-state index contributed by atoms with van der Waals surface area (Å²) in [6, 6.07) is 5.52. The number of hydrogen-bond acceptors (Lipinski definition) is 3. The smallest absolute Gasteiger partial charge is 0.412 e. The SMILES string of the molecule is CC(C)(C)OC(=O)Nc1ccc(Cl)c(C2C(CN)C2(C)C)c1. The average molecular weight is 325 g/mol. The van der Waals surface area contributed by atoms with Crippen molar-refractivity contribution < 1.29 is 9.53 Å². The third-order valence-corrected chi connectivity index (χ3v) is 4.62. The maximum Gasteiger partial charge on any atom is 0.412 e. The van der Waals surface area contributed by atoms with Crippen molar-refractivity contribution >= 4 is 23.4 Å². The Labute approximate surface area is 137 Å². The fourth-order valence-electron chi connectivity index (χ4n) is 3.08. The number of benzene rings is 1. The molecular formula is C17H25ClN2O2. The van der Waals surface area contributed by atoms with Crippen LogP contribution in [0.25, 0.3) is 0 Å². The average Bonchev–Trinajstić information content (AvgIpc) is 2.91. The zero-order valence-corrected chi connectivity index (χ0v) is 14.6. The number of hydrogen-bond donors (Lipinski definition) is 2. The predicted molar refractivity (Wildman–Crippen MR) is 90.4 cm³/mol. The Morgan fingerprint density at radius 1 is 1.41 bits per heavy atom. The van der Waals surface area contributed by atoms with E-state index in [4.69, 9.17) is 22.1 Å². The van der Waals surface area contributed by atoms with Crippen LogP contribution in [0.4, 0.5) is 10.5 Å². The lowest BCUT2D eigenvalue weighted by Crippen LogP contribution is -2.27. The van der Waals surface area contributed by atoms with Crippen LogP contribution in [0.3, 0.4) is 0 Å². The molecule has 1 aliphatic rings. The molecule has 3 N–H and O–H groups in total. The highest BCUT2D eigenvalue weighted by Gasteiger charge is 2.57. The summed E-state index contributed by atoms with van der Waals surface area (Å²) in [7, 11) is 0. The van der Waals surface area contributed by atoms with E-state index in [-0.39, 0.29) is 5.41 Å². The minimum atomic E-state index is -0.525. The Morgan fingerprint density at radius 2 is 2.05 bits per heavy atom. The third-order valence-electron chi connectivity index (χ3n) is 4.28. The van der Waals surface area contributed by atoms with Crippen LogP contribution >= 0.6 is 11.6 Å². The molecule has 0 heterocycles. The van der Waals surface area contributed by atoms with Crippen molar-refractivity contribution in [3.05, 3.63) is 28.8 Å². The molecule has 4 nitrogen and oxygen atoms in total. The molecule has 1 saturated carbocycles. The van der Waals surface area contributed by atoms with Crippen molar-refractivity contribution in [3.63, 3.8) is 0 Å². The molecule has 2 rings (SSSR count). The zero-order valence-electron chi connectivity index (χ0n) is 13.9. The van der Waals surface area contributed by atoms with Crippen LogP contribution < -0.4 is 11.1 Å².